The van der Waals surface area contributed by atoms with Crippen molar-refractivity contribution in [3.63, 3.8) is 0 Å². The predicted octanol–water partition coefficient (Wildman–Crippen LogP) is 1.98. The second-order valence-corrected chi connectivity index (χ2v) is 4.10. The number of amides is 1. The molecule has 1 amide bonds. The topological polar surface area (TPSA) is 42.0 Å². The zero-order chi connectivity index (χ0) is 9.84. The Balaban J connectivity index is 2.64. The van der Waals surface area contributed by atoms with Crippen molar-refractivity contribution in [2.45, 2.75) is 33.2 Å². The van der Waals surface area contributed by atoms with Crippen molar-refractivity contribution in [3.8, 4) is 0 Å². The summed E-state index contributed by atoms with van der Waals surface area (Å²) in [6.07, 6.45) is 0.939. The molecule has 0 aliphatic carbocycles. The molecule has 1 rings (SSSR count). The molecule has 0 saturated heterocycles. The van der Waals surface area contributed by atoms with Crippen LogP contribution in [0.2, 0.25) is 0 Å². The molecule has 0 fully saturated rings. The third kappa shape index (κ3) is 2.52. The van der Waals surface area contributed by atoms with Crippen LogP contribution in [0, 0.1) is 6.92 Å². The quantitative estimate of drug-likeness (QED) is 0.807. The Hall–Kier alpha value is -0.900. The molecule has 0 aliphatic rings. The largest absolute Gasteiger partial charge is 0.348 e. The van der Waals surface area contributed by atoms with Gasteiger partial charge in [-0.3, -0.25) is 4.79 Å². The van der Waals surface area contributed by atoms with Crippen LogP contribution in [-0.2, 0) is 0 Å². The molecule has 1 aromatic heterocycles. The van der Waals surface area contributed by atoms with Crippen molar-refractivity contribution in [2.75, 3.05) is 0 Å². The summed E-state index contributed by atoms with van der Waals surface area (Å²) in [5, 5.41) is 2.88. The molecule has 1 aromatic rings. The smallest absolute Gasteiger partial charge is 0.271 e. The summed E-state index contributed by atoms with van der Waals surface area (Å²) in [6, 6.07) is 0.216. The molecule has 0 aromatic carbocycles. The molecule has 0 aliphatic heterocycles. The van der Waals surface area contributed by atoms with E-state index in [9.17, 15) is 4.79 Å². The van der Waals surface area contributed by atoms with Crippen molar-refractivity contribution >= 4 is 17.2 Å². The van der Waals surface area contributed by atoms with E-state index in [1.165, 1.54) is 11.3 Å². The maximum atomic E-state index is 11.5. The Bertz CT molecular complexity index is 296. The highest BCUT2D eigenvalue weighted by atomic mass is 32.1. The van der Waals surface area contributed by atoms with E-state index in [0.29, 0.717) is 5.69 Å². The second kappa shape index (κ2) is 4.37. The van der Waals surface area contributed by atoms with E-state index in [0.717, 1.165) is 11.3 Å². The van der Waals surface area contributed by atoms with Gasteiger partial charge in [0.05, 0.1) is 5.51 Å². The number of aryl methyl sites for hydroxylation is 1. The Morgan fingerprint density at radius 2 is 2.46 bits per heavy atom. The highest BCUT2D eigenvalue weighted by Crippen LogP contribution is 2.10. The zero-order valence-electron chi connectivity index (χ0n) is 8.13. The SMILES string of the molecule is CCC(C)NC(=O)c1ncsc1C. The van der Waals surface area contributed by atoms with Gasteiger partial charge in [0.15, 0.2) is 0 Å². The zero-order valence-corrected chi connectivity index (χ0v) is 8.94. The molecular formula is C9H14N2OS. The number of hydrogen-bond acceptors (Lipinski definition) is 3. The third-order valence-corrected chi connectivity index (χ3v) is 2.71. The monoisotopic (exact) mass is 198 g/mol. The van der Waals surface area contributed by atoms with Crippen LogP contribution in [0.25, 0.3) is 0 Å². The fraction of sp³-hybridized carbons (Fsp3) is 0.556. The van der Waals surface area contributed by atoms with Gasteiger partial charge in [-0.25, -0.2) is 4.98 Å². The lowest BCUT2D eigenvalue weighted by atomic mass is 10.2. The van der Waals surface area contributed by atoms with Crippen LogP contribution in [-0.4, -0.2) is 16.9 Å². The summed E-state index contributed by atoms with van der Waals surface area (Å²) in [5.74, 6) is -0.0619. The minimum absolute atomic E-state index is 0.0619. The first-order chi connectivity index (χ1) is 6.15. The van der Waals surface area contributed by atoms with Crippen LogP contribution in [0.1, 0.15) is 35.6 Å². The van der Waals surface area contributed by atoms with E-state index in [2.05, 4.69) is 10.3 Å². The van der Waals surface area contributed by atoms with Crippen LogP contribution < -0.4 is 5.32 Å². The molecule has 0 spiro atoms. The van der Waals surface area contributed by atoms with Crippen molar-refractivity contribution in [1.29, 1.82) is 0 Å². The highest BCUT2D eigenvalue weighted by molar-refractivity contribution is 7.09. The Morgan fingerprint density at radius 3 is 2.92 bits per heavy atom. The van der Waals surface area contributed by atoms with E-state index in [1.54, 1.807) is 5.51 Å². The molecule has 1 heterocycles. The molecule has 3 nitrogen and oxygen atoms in total. The lowest BCUT2D eigenvalue weighted by Crippen LogP contribution is -2.32. The van der Waals surface area contributed by atoms with E-state index in [-0.39, 0.29) is 11.9 Å². The molecule has 0 bridgehead atoms. The summed E-state index contributed by atoms with van der Waals surface area (Å²) >= 11 is 1.50. The minimum atomic E-state index is -0.0619. The first kappa shape index (κ1) is 10.2. The van der Waals surface area contributed by atoms with E-state index in [4.69, 9.17) is 0 Å². The summed E-state index contributed by atoms with van der Waals surface area (Å²) in [6.45, 7) is 5.93. The number of nitrogens with zero attached hydrogens (tertiary/aromatic N) is 1. The van der Waals surface area contributed by atoms with Gasteiger partial charge in [-0.15, -0.1) is 11.3 Å². The molecule has 1 atom stereocenters. The van der Waals surface area contributed by atoms with Crippen molar-refractivity contribution < 1.29 is 4.79 Å². The molecule has 72 valence electrons. The second-order valence-electron chi connectivity index (χ2n) is 3.04. The first-order valence-electron chi connectivity index (χ1n) is 4.36. The van der Waals surface area contributed by atoms with Gasteiger partial charge in [0, 0.05) is 10.9 Å². The number of carbonyl (C=O) groups is 1. The van der Waals surface area contributed by atoms with Gasteiger partial charge in [0.1, 0.15) is 5.69 Å². The predicted molar refractivity (Wildman–Crippen MR) is 54.1 cm³/mol. The maximum Gasteiger partial charge on any atom is 0.271 e. The van der Waals surface area contributed by atoms with E-state index in [1.807, 2.05) is 20.8 Å². The number of nitrogens with one attached hydrogen (secondary N) is 1. The molecule has 13 heavy (non-hydrogen) atoms. The fourth-order valence-corrected chi connectivity index (χ4v) is 1.49. The number of thiazole rings is 1. The average molecular weight is 198 g/mol. The highest BCUT2D eigenvalue weighted by Gasteiger charge is 2.12. The summed E-state index contributed by atoms with van der Waals surface area (Å²) in [7, 11) is 0. The third-order valence-electron chi connectivity index (χ3n) is 1.95. The Morgan fingerprint density at radius 1 is 1.77 bits per heavy atom. The molecule has 1 N–H and O–H groups in total. The molecule has 0 saturated carbocycles. The van der Waals surface area contributed by atoms with Crippen molar-refractivity contribution in [2.24, 2.45) is 0 Å². The van der Waals surface area contributed by atoms with Crippen LogP contribution in [0.15, 0.2) is 5.51 Å². The van der Waals surface area contributed by atoms with Gasteiger partial charge in [0.2, 0.25) is 0 Å². The normalized spacial score (nSPS) is 12.5. The van der Waals surface area contributed by atoms with Gasteiger partial charge >= 0.3 is 0 Å². The van der Waals surface area contributed by atoms with Crippen molar-refractivity contribution in [3.05, 3.63) is 16.1 Å². The summed E-state index contributed by atoms with van der Waals surface area (Å²) in [4.78, 5) is 16.5. The summed E-state index contributed by atoms with van der Waals surface area (Å²) in [5.41, 5.74) is 2.26. The summed E-state index contributed by atoms with van der Waals surface area (Å²) < 4.78 is 0. The van der Waals surface area contributed by atoms with Crippen LogP contribution in [0.5, 0.6) is 0 Å². The van der Waals surface area contributed by atoms with Crippen LogP contribution >= 0.6 is 11.3 Å². The number of hydrogen-bond donors (Lipinski definition) is 1. The van der Waals surface area contributed by atoms with E-state index < -0.39 is 0 Å². The average Bonchev–Trinajstić information content (AvgIpc) is 2.51. The Kier molecular flexibility index (Phi) is 3.42. The number of rotatable bonds is 3. The van der Waals surface area contributed by atoms with Gasteiger partial charge in [-0.1, -0.05) is 6.92 Å². The number of carbonyl (C=O) groups excluding carboxylic acids is 1. The first-order valence-corrected chi connectivity index (χ1v) is 5.24. The minimum Gasteiger partial charge on any atom is -0.348 e. The lowest BCUT2D eigenvalue weighted by molar-refractivity contribution is 0.0934. The number of aromatic nitrogens is 1. The van der Waals surface area contributed by atoms with Gasteiger partial charge in [-0.2, -0.15) is 0 Å². The van der Waals surface area contributed by atoms with E-state index >= 15 is 0 Å². The Labute approximate surface area is 82.2 Å². The fourth-order valence-electron chi connectivity index (χ4n) is 0.918. The van der Waals surface area contributed by atoms with Gasteiger partial charge in [0.25, 0.3) is 5.91 Å². The lowest BCUT2D eigenvalue weighted by Gasteiger charge is -2.09. The van der Waals surface area contributed by atoms with Crippen LogP contribution in [0.4, 0.5) is 0 Å². The van der Waals surface area contributed by atoms with Crippen molar-refractivity contribution in [1.82, 2.24) is 10.3 Å². The molecule has 0 radical (unpaired) electrons. The standard InChI is InChI=1S/C9H14N2OS/c1-4-6(2)11-9(12)8-7(3)13-5-10-8/h5-6H,4H2,1-3H3,(H,11,12). The van der Waals surface area contributed by atoms with Gasteiger partial charge < -0.3 is 5.32 Å². The molecular weight excluding hydrogens is 184 g/mol. The van der Waals surface area contributed by atoms with Gasteiger partial charge in [-0.05, 0) is 20.3 Å². The van der Waals surface area contributed by atoms with Crippen LogP contribution in [0.3, 0.4) is 0 Å². The molecule has 1 unspecified atom stereocenters. The maximum absolute atomic E-state index is 11.5. The molecule has 4 heteroatoms.